The van der Waals surface area contributed by atoms with Crippen molar-refractivity contribution in [3.63, 3.8) is 0 Å². The fourth-order valence-electron chi connectivity index (χ4n) is 2.83. The Morgan fingerprint density at radius 3 is 2.21 bits per heavy atom. The van der Waals surface area contributed by atoms with E-state index in [0.717, 1.165) is 26.3 Å². The summed E-state index contributed by atoms with van der Waals surface area (Å²) in [6.07, 6.45) is 0. The van der Waals surface area contributed by atoms with Gasteiger partial charge in [0.1, 0.15) is 5.01 Å². The molecule has 1 fully saturated rings. The molecule has 0 atom stereocenters. The Hall–Kier alpha value is -1.69. The average Bonchev–Trinajstić information content (AvgIpc) is 3.06. The third-order valence-corrected chi connectivity index (χ3v) is 6.14. The van der Waals surface area contributed by atoms with Crippen molar-refractivity contribution in [1.82, 2.24) is 4.98 Å². The number of nitrogens with zero attached hydrogens (tertiary/aromatic N) is 1. The Bertz CT molecular complexity index is 873. The second-order valence-corrected chi connectivity index (χ2v) is 8.17. The predicted octanol–water partition coefficient (Wildman–Crippen LogP) is 4.26. The van der Waals surface area contributed by atoms with Crippen LogP contribution in [-0.2, 0) is 9.31 Å². The quantitative estimate of drug-likeness (QED) is 0.655. The Balaban J connectivity index is 1.79. The first-order chi connectivity index (χ1) is 11.4. The van der Waals surface area contributed by atoms with Crippen molar-refractivity contribution in [2.75, 3.05) is 0 Å². The van der Waals surface area contributed by atoms with Crippen LogP contribution >= 0.6 is 11.3 Å². The van der Waals surface area contributed by atoms with E-state index >= 15 is 0 Å². The highest BCUT2D eigenvalue weighted by Crippen LogP contribution is 2.38. The molecule has 0 spiro atoms. The van der Waals surface area contributed by atoms with Crippen molar-refractivity contribution in [3.8, 4) is 10.6 Å². The van der Waals surface area contributed by atoms with Crippen LogP contribution in [0.3, 0.4) is 0 Å². The van der Waals surface area contributed by atoms with Gasteiger partial charge in [-0.25, -0.2) is 4.98 Å². The number of rotatable bonds is 2. The number of thiazole rings is 1. The summed E-state index contributed by atoms with van der Waals surface area (Å²) < 4.78 is 13.6. The van der Waals surface area contributed by atoms with Gasteiger partial charge in [0.05, 0.1) is 21.4 Å². The molecule has 5 heteroatoms. The summed E-state index contributed by atoms with van der Waals surface area (Å²) in [5.41, 5.74) is 2.51. The van der Waals surface area contributed by atoms with Crippen molar-refractivity contribution in [3.05, 3.63) is 48.5 Å². The molecule has 0 N–H and O–H groups in total. The smallest absolute Gasteiger partial charge is 0.399 e. The second kappa shape index (κ2) is 5.41. The summed E-state index contributed by atoms with van der Waals surface area (Å²) in [5, 5.41) is 1.02. The summed E-state index contributed by atoms with van der Waals surface area (Å²) >= 11 is 1.69. The molecule has 3 aromatic rings. The molecule has 24 heavy (non-hydrogen) atoms. The zero-order valence-corrected chi connectivity index (χ0v) is 15.2. The summed E-state index contributed by atoms with van der Waals surface area (Å²) in [4.78, 5) is 4.80. The molecule has 3 nitrogen and oxygen atoms in total. The minimum Gasteiger partial charge on any atom is -0.399 e. The normalized spacial score (nSPS) is 19.1. The SMILES string of the molecule is CC1(C)OB(c2cccc3nc(-c4ccccc4)sc23)OC1(C)C. The van der Waals surface area contributed by atoms with Crippen LogP contribution in [0.25, 0.3) is 20.8 Å². The van der Waals surface area contributed by atoms with E-state index in [2.05, 4.69) is 45.9 Å². The van der Waals surface area contributed by atoms with Gasteiger partial charge < -0.3 is 9.31 Å². The fourth-order valence-corrected chi connectivity index (χ4v) is 3.92. The predicted molar refractivity (Wildman–Crippen MR) is 101 cm³/mol. The number of aromatic nitrogens is 1. The first-order valence-electron chi connectivity index (χ1n) is 8.18. The van der Waals surface area contributed by atoms with Gasteiger partial charge in [0.25, 0.3) is 0 Å². The first-order valence-corrected chi connectivity index (χ1v) is 8.99. The molecule has 0 saturated carbocycles. The van der Waals surface area contributed by atoms with E-state index in [1.54, 1.807) is 11.3 Å². The third kappa shape index (κ3) is 2.48. The second-order valence-electron chi connectivity index (χ2n) is 7.17. The van der Waals surface area contributed by atoms with Gasteiger partial charge in [-0.1, -0.05) is 42.5 Å². The maximum absolute atomic E-state index is 6.23. The molecular formula is C19H20BNO2S. The van der Waals surface area contributed by atoms with E-state index in [9.17, 15) is 0 Å². The molecule has 122 valence electrons. The topological polar surface area (TPSA) is 31.4 Å². The van der Waals surface area contributed by atoms with Gasteiger partial charge in [0.2, 0.25) is 0 Å². The molecule has 1 aliphatic rings. The first kappa shape index (κ1) is 15.8. The number of hydrogen-bond acceptors (Lipinski definition) is 4. The van der Waals surface area contributed by atoms with Crippen LogP contribution in [0.5, 0.6) is 0 Å². The molecule has 2 aromatic carbocycles. The molecule has 1 aromatic heterocycles. The Kier molecular flexibility index (Phi) is 3.57. The van der Waals surface area contributed by atoms with Crippen molar-refractivity contribution < 1.29 is 9.31 Å². The van der Waals surface area contributed by atoms with Gasteiger partial charge in [0.15, 0.2) is 0 Å². The van der Waals surface area contributed by atoms with Crippen LogP contribution in [0, 0.1) is 0 Å². The molecule has 4 rings (SSSR count). The molecule has 2 heterocycles. The molecule has 1 saturated heterocycles. The van der Waals surface area contributed by atoms with Crippen LogP contribution in [0.1, 0.15) is 27.7 Å². The van der Waals surface area contributed by atoms with E-state index in [1.165, 1.54) is 0 Å². The summed E-state index contributed by atoms with van der Waals surface area (Å²) in [6.45, 7) is 8.31. The van der Waals surface area contributed by atoms with Crippen molar-refractivity contribution in [1.29, 1.82) is 0 Å². The van der Waals surface area contributed by atoms with Crippen LogP contribution < -0.4 is 5.46 Å². The third-order valence-electron chi connectivity index (χ3n) is 4.97. The van der Waals surface area contributed by atoms with E-state index < -0.39 is 0 Å². The van der Waals surface area contributed by atoms with Crippen molar-refractivity contribution >= 4 is 34.1 Å². The maximum Gasteiger partial charge on any atom is 0.496 e. The van der Waals surface area contributed by atoms with Gasteiger partial charge in [-0.2, -0.15) is 0 Å². The Morgan fingerprint density at radius 2 is 1.54 bits per heavy atom. The molecule has 0 aliphatic carbocycles. The standard InChI is InChI=1S/C19H20BNO2S/c1-18(2)19(3,4)23-20(22-18)14-11-8-12-15-16(14)24-17(21-15)13-9-6-5-7-10-13/h5-12H,1-4H3. The van der Waals surface area contributed by atoms with Gasteiger partial charge in [-0.05, 0) is 33.8 Å². The largest absolute Gasteiger partial charge is 0.496 e. The van der Waals surface area contributed by atoms with Crippen LogP contribution in [0.4, 0.5) is 0 Å². The Labute approximate surface area is 146 Å². The van der Waals surface area contributed by atoms with Crippen molar-refractivity contribution in [2.45, 2.75) is 38.9 Å². The van der Waals surface area contributed by atoms with Crippen LogP contribution in [0.15, 0.2) is 48.5 Å². The summed E-state index contributed by atoms with van der Waals surface area (Å²) in [6, 6.07) is 16.4. The lowest BCUT2D eigenvalue weighted by atomic mass is 9.79. The number of hydrogen-bond donors (Lipinski definition) is 0. The summed E-state index contributed by atoms with van der Waals surface area (Å²) in [7, 11) is -0.359. The summed E-state index contributed by atoms with van der Waals surface area (Å²) in [5.74, 6) is 0. The fraction of sp³-hybridized carbons (Fsp3) is 0.316. The highest BCUT2D eigenvalue weighted by atomic mass is 32.1. The lowest BCUT2D eigenvalue weighted by Crippen LogP contribution is -2.41. The van der Waals surface area contributed by atoms with E-state index in [-0.39, 0.29) is 18.3 Å². The van der Waals surface area contributed by atoms with Crippen LogP contribution in [-0.4, -0.2) is 23.3 Å². The van der Waals surface area contributed by atoms with Crippen LogP contribution in [0.2, 0.25) is 0 Å². The molecular weight excluding hydrogens is 317 g/mol. The van der Waals surface area contributed by atoms with E-state index in [1.807, 2.05) is 30.3 Å². The molecule has 0 amide bonds. The molecule has 0 unspecified atom stereocenters. The number of fused-ring (bicyclic) bond motifs is 1. The number of benzene rings is 2. The van der Waals surface area contributed by atoms with Gasteiger partial charge in [-0.15, -0.1) is 11.3 Å². The van der Waals surface area contributed by atoms with Crippen molar-refractivity contribution in [2.24, 2.45) is 0 Å². The van der Waals surface area contributed by atoms with Gasteiger partial charge in [-0.3, -0.25) is 0 Å². The maximum atomic E-state index is 6.23. The zero-order chi connectivity index (χ0) is 16.9. The van der Waals surface area contributed by atoms with E-state index in [0.29, 0.717) is 0 Å². The Morgan fingerprint density at radius 1 is 0.875 bits per heavy atom. The lowest BCUT2D eigenvalue weighted by Gasteiger charge is -2.32. The average molecular weight is 337 g/mol. The van der Waals surface area contributed by atoms with Gasteiger partial charge >= 0.3 is 7.12 Å². The molecule has 0 bridgehead atoms. The molecule has 0 radical (unpaired) electrons. The monoisotopic (exact) mass is 337 g/mol. The lowest BCUT2D eigenvalue weighted by molar-refractivity contribution is 0.00578. The minimum absolute atomic E-state index is 0.340. The highest BCUT2D eigenvalue weighted by molar-refractivity contribution is 7.23. The van der Waals surface area contributed by atoms with Gasteiger partial charge in [0, 0.05) is 11.0 Å². The zero-order valence-electron chi connectivity index (χ0n) is 14.4. The van der Waals surface area contributed by atoms with E-state index in [4.69, 9.17) is 14.3 Å². The highest BCUT2D eigenvalue weighted by Gasteiger charge is 2.52. The minimum atomic E-state index is -0.359. The molecule has 1 aliphatic heterocycles.